The van der Waals surface area contributed by atoms with Crippen LogP contribution in [0.15, 0.2) is 77.4 Å². The Balaban J connectivity index is 1.25. The van der Waals surface area contributed by atoms with Gasteiger partial charge in [0.2, 0.25) is 11.0 Å². The highest BCUT2D eigenvalue weighted by Crippen LogP contribution is 2.28. The molecule has 0 atom stereocenters. The van der Waals surface area contributed by atoms with E-state index in [1.807, 2.05) is 59.4 Å². The third-order valence-corrected chi connectivity index (χ3v) is 6.20. The lowest BCUT2D eigenvalue weighted by Crippen LogP contribution is -2.12. The number of carbonyl (C=O) groups is 1. The molecule has 0 aliphatic carbocycles. The molecule has 4 aromatic rings. The Hall–Kier alpha value is -2.97. The molecule has 1 amide bonds. The summed E-state index contributed by atoms with van der Waals surface area (Å²) < 4.78 is 2.65. The molecule has 146 valence electrons. The third kappa shape index (κ3) is 5.52. The highest BCUT2D eigenvalue weighted by Gasteiger charge is 2.10. The van der Waals surface area contributed by atoms with Gasteiger partial charge in [0.15, 0.2) is 4.34 Å². The van der Waals surface area contributed by atoms with Crippen LogP contribution in [0.1, 0.15) is 17.5 Å². The van der Waals surface area contributed by atoms with E-state index < -0.39 is 0 Å². The number of aromatic nitrogens is 4. The summed E-state index contributed by atoms with van der Waals surface area (Å²) in [4.78, 5) is 12.2. The number of anilines is 1. The molecule has 2 aromatic carbocycles. The zero-order valence-electron chi connectivity index (χ0n) is 15.6. The van der Waals surface area contributed by atoms with Crippen LogP contribution in [0.3, 0.4) is 0 Å². The summed E-state index contributed by atoms with van der Waals surface area (Å²) in [6.45, 7) is 0. The van der Waals surface area contributed by atoms with Crippen LogP contribution in [0, 0.1) is 0 Å². The SMILES string of the molecule is O=C(CCc1cnn(-c2ccccc2)c1)Nc1nnc(SCc2ccccc2)s1. The van der Waals surface area contributed by atoms with Crippen LogP contribution in [0.4, 0.5) is 5.13 Å². The van der Waals surface area contributed by atoms with Gasteiger partial charge in [0.05, 0.1) is 11.9 Å². The predicted molar refractivity (Wildman–Crippen MR) is 116 cm³/mol. The van der Waals surface area contributed by atoms with E-state index in [1.165, 1.54) is 16.9 Å². The molecule has 2 heterocycles. The van der Waals surface area contributed by atoms with Crippen molar-refractivity contribution in [3.63, 3.8) is 0 Å². The van der Waals surface area contributed by atoms with Crippen molar-refractivity contribution in [2.45, 2.75) is 22.9 Å². The van der Waals surface area contributed by atoms with Crippen molar-refractivity contribution in [2.75, 3.05) is 5.32 Å². The fraction of sp³-hybridized carbons (Fsp3) is 0.143. The molecular weight excluding hydrogens is 402 g/mol. The van der Waals surface area contributed by atoms with Gasteiger partial charge in [-0.05, 0) is 29.7 Å². The summed E-state index contributed by atoms with van der Waals surface area (Å²) in [5.41, 5.74) is 3.24. The standard InChI is InChI=1S/C21H19N5OS2/c27-19(12-11-17-13-22-26(14-17)18-9-5-2-6-10-18)23-20-24-25-21(29-20)28-15-16-7-3-1-4-8-16/h1-10,13-14H,11-12,15H2,(H,23,24,27). The zero-order chi connectivity index (χ0) is 19.9. The molecule has 0 saturated carbocycles. The second-order valence-corrected chi connectivity index (χ2v) is 8.52. The number of hydrogen-bond donors (Lipinski definition) is 1. The minimum Gasteiger partial charge on any atom is -0.300 e. The summed E-state index contributed by atoms with van der Waals surface area (Å²) in [6, 6.07) is 20.1. The molecule has 0 radical (unpaired) electrons. The van der Waals surface area contributed by atoms with E-state index >= 15 is 0 Å². The van der Waals surface area contributed by atoms with Gasteiger partial charge in [0.25, 0.3) is 0 Å². The van der Waals surface area contributed by atoms with Crippen LogP contribution in [-0.4, -0.2) is 25.9 Å². The van der Waals surface area contributed by atoms with E-state index in [0.717, 1.165) is 21.3 Å². The van der Waals surface area contributed by atoms with E-state index in [-0.39, 0.29) is 5.91 Å². The molecule has 29 heavy (non-hydrogen) atoms. The average molecular weight is 422 g/mol. The molecule has 0 aliphatic heterocycles. The number of nitrogens with zero attached hydrogens (tertiary/aromatic N) is 4. The van der Waals surface area contributed by atoms with Crippen molar-refractivity contribution in [2.24, 2.45) is 0 Å². The zero-order valence-corrected chi connectivity index (χ0v) is 17.2. The molecule has 0 bridgehead atoms. The van der Waals surface area contributed by atoms with Gasteiger partial charge < -0.3 is 5.32 Å². The van der Waals surface area contributed by atoms with Gasteiger partial charge in [0, 0.05) is 18.4 Å². The van der Waals surface area contributed by atoms with Crippen molar-refractivity contribution >= 4 is 34.1 Å². The third-order valence-electron chi connectivity index (χ3n) is 4.16. The number of rotatable bonds is 8. The van der Waals surface area contributed by atoms with E-state index in [0.29, 0.717) is 18.0 Å². The minimum absolute atomic E-state index is 0.0757. The molecule has 8 heteroatoms. The number of carbonyl (C=O) groups excluding carboxylic acids is 1. The van der Waals surface area contributed by atoms with Crippen molar-refractivity contribution in [1.82, 2.24) is 20.0 Å². The summed E-state index contributed by atoms with van der Waals surface area (Å²) >= 11 is 3.01. The first-order valence-corrected chi connectivity index (χ1v) is 11.0. The van der Waals surface area contributed by atoms with Gasteiger partial charge in [-0.25, -0.2) is 4.68 Å². The molecular formula is C21H19N5OS2. The maximum Gasteiger partial charge on any atom is 0.226 e. The van der Waals surface area contributed by atoms with Gasteiger partial charge >= 0.3 is 0 Å². The van der Waals surface area contributed by atoms with Gasteiger partial charge in [-0.1, -0.05) is 71.6 Å². The van der Waals surface area contributed by atoms with Crippen LogP contribution < -0.4 is 5.32 Å². The smallest absolute Gasteiger partial charge is 0.226 e. The normalized spacial score (nSPS) is 10.8. The maximum atomic E-state index is 12.2. The van der Waals surface area contributed by atoms with Crippen molar-refractivity contribution in [1.29, 1.82) is 0 Å². The van der Waals surface area contributed by atoms with Crippen molar-refractivity contribution in [3.05, 3.63) is 84.2 Å². The second-order valence-electron chi connectivity index (χ2n) is 6.32. The topological polar surface area (TPSA) is 72.7 Å². The number of nitrogens with one attached hydrogen (secondary N) is 1. The lowest BCUT2D eigenvalue weighted by atomic mass is 10.2. The molecule has 0 spiro atoms. The van der Waals surface area contributed by atoms with Crippen LogP contribution in [0.5, 0.6) is 0 Å². The van der Waals surface area contributed by atoms with E-state index in [4.69, 9.17) is 0 Å². The Bertz CT molecular complexity index is 1060. The first-order chi connectivity index (χ1) is 14.3. The Labute approximate surface area is 177 Å². The number of amides is 1. The summed E-state index contributed by atoms with van der Waals surface area (Å²) in [6.07, 6.45) is 4.73. The van der Waals surface area contributed by atoms with Crippen LogP contribution in [0.25, 0.3) is 5.69 Å². The van der Waals surface area contributed by atoms with Gasteiger partial charge in [0.1, 0.15) is 0 Å². The molecule has 0 aliphatic rings. The number of benzene rings is 2. The number of hydrogen-bond acceptors (Lipinski definition) is 6. The highest BCUT2D eigenvalue weighted by atomic mass is 32.2. The van der Waals surface area contributed by atoms with Gasteiger partial charge in [-0.3, -0.25) is 4.79 Å². The Morgan fingerprint density at radius 3 is 2.55 bits per heavy atom. The molecule has 0 unspecified atom stereocenters. The minimum atomic E-state index is -0.0757. The second kappa shape index (κ2) is 9.49. The van der Waals surface area contributed by atoms with E-state index in [1.54, 1.807) is 18.0 Å². The van der Waals surface area contributed by atoms with E-state index in [2.05, 4.69) is 32.7 Å². The van der Waals surface area contributed by atoms with Crippen LogP contribution in [0.2, 0.25) is 0 Å². The highest BCUT2D eigenvalue weighted by molar-refractivity contribution is 8.00. The monoisotopic (exact) mass is 421 g/mol. The fourth-order valence-corrected chi connectivity index (χ4v) is 4.41. The molecule has 4 rings (SSSR count). The number of thioether (sulfide) groups is 1. The molecule has 1 N–H and O–H groups in total. The van der Waals surface area contributed by atoms with E-state index in [9.17, 15) is 4.79 Å². The average Bonchev–Trinajstić information content (AvgIpc) is 3.42. The lowest BCUT2D eigenvalue weighted by molar-refractivity contribution is -0.116. The fourth-order valence-electron chi connectivity index (χ4n) is 2.69. The van der Waals surface area contributed by atoms with Crippen molar-refractivity contribution in [3.8, 4) is 5.69 Å². The van der Waals surface area contributed by atoms with Crippen LogP contribution >= 0.6 is 23.1 Å². The van der Waals surface area contributed by atoms with Gasteiger partial charge in [-0.15, -0.1) is 10.2 Å². The van der Waals surface area contributed by atoms with Crippen LogP contribution in [-0.2, 0) is 17.0 Å². The first-order valence-electron chi connectivity index (χ1n) is 9.15. The van der Waals surface area contributed by atoms with Crippen molar-refractivity contribution < 1.29 is 4.79 Å². The number of aryl methyl sites for hydroxylation is 1. The molecule has 0 saturated heterocycles. The predicted octanol–water partition coefficient (Wildman–Crippen LogP) is 4.59. The van der Waals surface area contributed by atoms with Gasteiger partial charge in [-0.2, -0.15) is 5.10 Å². The summed E-state index contributed by atoms with van der Waals surface area (Å²) in [5.74, 6) is 0.752. The Morgan fingerprint density at radius 2 is 1.76 bits per heavy atom. The maximum absolute atomic E-state index is 12.2. The summed E-state index contributed by atoms with van der Waals surface area (Å²) in [5, 5.41) is 15.9. The lowest BCUT2D eigenvalue weighted by Gasteiger charge is -2.00. The Kier molecular flexibility index (Phi) is 6.33. The summed E-state index contributed by atoms with van der Waals surface area (Å²) in [7, 11) is 0. The Morgan fingerprint density at radius 1 is 1.00 bits per heavy atom. The number of para-hydroxylation sites is 1. The quantitative estimate of drug-likeness (QED) is 0.333. The molecule has 2 aromatic heterocycles. The molecule has 6 nitrogen and oxygen atoms in total. The largest absolute Gasteiger partial charge is 0.300 e. The first kappa shape index (κ1) is 19.4. The molecule has 0 fully saturated rings.